The molecule has 0 unspecified atom stereocenters. The monoisotopic (exact) mass is 305 g/mol. The van der Waals surface area contributed by atoms with Crippen molar-refractivity contribution < 1.29 is 29.6 Å². The average Bonchev–Trinajstić information content (AvgIpc) is 2.85. The number of cyclic esters (lactones) is 1. The molecule has 22 heavy (non-hydrogen) atoms. The standard InChI is InChI=1S/C16H18O6/c1-8(4-6-12(17)18)3-5-10-14(19)9(2)11-7-22-16(21)13(11)15(10)20/h3,19-20H,4-7H2,1-2H3,(H,17,18)/p-1/b8-3+. The van der Waals surface area contributed by atoms with Crippen LogP contribution in [0, 0.1) is 6.92 Å². The van der Waals surface area contributed by atoms with Crippen molar-refractivity contribution in [1.29, 1.82) is 0 Å². The third-order valence-corrected chi connectivity index (χ3v) is 3.85. The number of allylic oxidation sites excluding steroid dienone is 2. The molecular weight excluding hydrogens is 288 g/mol. The number of carbonyl (C=O) groups excluding carboxylic acids is 2. The molecule has 0 atom stereocenters. The molecule has 1 aliphatic rings. The van der Waals surface area contributed by atoms with Crippen LogP contribution in [0.1, 0.15) is 46.8 Å². The van der Waals surface area contributed by atoms with Gasteiger partial charge in [-0.1, -0.05) is 11.6 Å². The van der Waals surface area contributed by atoms with Crippen LogP contribution in [0.3, 0.4) is 0 Å². The Morgan fingerprint density at radius 3 is 2.64 bits per heavy atom. The number of hydrogen-bond acceptors (Lipinski definition) is 6. The minimum absolute atomic E-state index is 0.0435. The summed E-state index contributed by atoms with van der Waals surface area (Å²) in [6.45, 7) is 3.46. The SMILES string of the molecule is C/C(=C\Cc1c(O)c(C)c2c(c1O)C(=O)OC2)CCC(=O)[O-]. The van der Waals surface area contributed by atoms with Crippen LogP contribution in [-0.4, -0.2) is 22.2 Å². The van der Waals surface area contributed by atoms with Gasteiger partial charge in [0, 0.05) is 17.1 Å². The summed E-state index contributed by atoms with van der Waals surface area (Å²) in [5, 5.41) is 30.8. The lowest BCUT2D eigenvalue weighted by Crippen LogP contribution is -2.21. The zero-order valence-corrected chi connectivity index (χ0v) is 12.4. The molecule has 2 N–H and O–H groups in total. The number of benzene rings is 1. The van der Waals surface area contributed by atoms with Crippen LogP contribution in [0.5, 0.6) is 11.5 Å². The largest absolute Gasteiger partial charge is 0.550 e. The fourth-order valence-corrected chi connectivity index (χ4v) is 2.44. The number of rotatable bonds is 5. The van der Waals surface area contributed by atoms with E-state index in [1.807, 2.05) is 0 Å². The summed E-state index contributed by atoms with van der Waals surface area (Å²) in [5.41, 5.74) is 2.15. The van der Waals surface area contributed by atoms with E-state index < -0.39 is 11.9 Å². The summed E-state index contributed by atoms with van der Waals surface area (Å²) in [7, 11) is 0. The minimum atomic E-state index is -1.13. The van der Waals surface area contributed by atoms with Crippen LogP contribution in [0.2, 0.25) is 0 Å². The Morgan fingerprint density at radius 2 is 2.00 bits per heavy atom. The molecule has 0 radical (unpaired) electrons. The number of carboxylic acids is 1. The van der Waals surface area contributed by atoms with Gasteiger partial charge in [0.05, 0.1) is 0 Å². The first-order chi connectivity index (χ1) is 10.3. The maximum atomic E-state index is 11.7. The number of esters is 1. The Bertz CT molecular complexity index is 672. The average molecular weight is 305 g/mol. The predicted molar refractivity (Wildman–Crippen MR) is 75.3 cm³/mol. The van der Waals surface area contributed by atoms with Gasteiger partial charge in [0.25, 0.3) is 0 Å². The fourth-order valence-electron chi connectivity index (χ4n) is 2.44. The molecule has 0 aliphatic carbocycles. The van der Waals surface area contributed by atoms with Crippen LogP contribution >= 0.6 is 0 Å². The van der Waals surface area contributed by atoms with E-state index in [0.717, 1.165) is 5.57 Å². The second-order valence-corrected chi connectivity index (χ2v) is 5.36. The van der Waals surface area contributed by atoms with Gasteiger partial charge in [-0.25, -0.2) is 4.79 Å². The molecule has 0 aromatic heterocycles. The zero-order chi connectivity index (χ0) is 16.4. The van der Waals surface area contributed by atoms with Crippen molar-refractivity contribution in [2.75, 3.05) is 0 Å². The second kappa shape index (κ2) is 6.09. The molecule has 6 nitrogen and oxygen atoms in total. The molecule has 1 aromatic rings. The third kappa shape index (κ3) is 2.90. The smallest absolute Gasteiger partial charge is 0.342 e. The lowest BCUT2D eigenvalue weighted by atomic mass is 9.95. The molecule has 0 fully saturated rings. The Labute approximate surface area is 127 Å². The van der Waals surface area contributed by atoms with Crippen LogP contribution in [0.25, 0.3) is 0 Å². The third-order valence-electron chi connectivity index (χ3n) is 3.85. The molecular formula is C16H17O6-. The highest BCUT2D eigenvalue weighted by Crippen LogP contribution is 2.41. The summed E-state index contributed by atoms with van der Waals surface area (Å²) >= 11 is 0. The first kappa shape index (κ1) is 15.9. The minimum Gasteiger partial charge on any atom is -0.550 e. The van der Waals surface area contributed by atoms with Gasteiger partial charge in [0.1, 0.15) is 23.7 Å². The van der Waals surface area contributed by atoms with Crippen LogP contribution in [0.15, 0.2) is 11.6 Å². The lowest BCUT2D eigenvalue weighted by molar-refractivity contribution is -0.305. The number of aromatic hydroxyl groups is 2. The summed E-state index contributed by atoms with van der Waals surface area (Å²) in [6.07, 6.45) is 2.15. The molecule has 2 rings (SSSR count). The number of aliphatic carboxylic acids is 1. The van der Waals surface area contributed by atoms with E-state index >= 15 is 0 Å². The number of carboxylic acid groups (broad SMARTS) is 1. The fraction of sp³-hybridized carbons (Fsp3) is 0.375. The summed E-state index contributed by atoms with van der Waals surface area (Å²) in [6, 6.07) is 0. The maximum Gasteiger partial charge on any atom is 0.342 e. The van der Waals surface area contributed by atoms with Gasteiger partial charge >= 0.3 is 5.97 Å². The van der Waals surface area contributed by atoms with Crippen LogP contribution in [0.4, 0.5) is 0 Å². The van der Waals surface area contributed by atoms with Crippen molar-refractivity contribution in [3.05, 3.63) is 33.9 Å². The normalized spacial score (nSPS) is 13.9. The topological polar surface area (TPSA) is 107 Å². The van der Waals surface area contributed by atoms with E-state index in [-0.39, 0.29) is 42.1 Å². The highest BCUT2D eigenvalue weighted by molar-refractivity contribution is 5.98. The van der Waals surface area contributed by atoms with Gasteiger partial charge in [-0.15, -0.1) is 0 Å². The van der Waals surface area contributed by atoms with Gasteiger partial charge in [-0.2, -0.15) is 0 Å². The predicted octanol–water partition coefficient (Wildman–Crippen LogP) is 1.10. The molecule has 0 saturated heterocycles. The molecule has 6 heteroatoms. The maximum absolute atomic E-state index is 11.7. The van der Waals surface area contributed by atoms with Crippen LogP contribution in [-0.2, 0) is 22.6 Å². The van der Waals surface area contributed by atoms with E-state index in [0.29, 0.717) is 17.5 Å². The van der Waals surface area contributed by atoms with Gasteiger partial charge in [0.2, 0.25) is 0 Å². The lowest BCUT2D eigenvalue weighted by Gasteiger charge is -2.12. The number of fused-ring (bicyclic) bond motifs is 1. The van der Waals surface area contributed by atoms with Crippen molar-refractivity contribution >= 4 is 11.9 Å². The molecule has 1 aromatic carbocycles. The number of hydrogen-bond donors (Lipinski definition) is 2. The molecule has 0 saturated carbocycles. The number of phenolic OH excluding ortho intramolecular Hbond substituents is 2. The van der Waals surface area contributed by atoms with E-state index in [4.69, 9.17) is 4.74 Å². The van der Waals surface area contributed by atoms with E-state index in [1.165, 1.54) is 0 Å². The summed E-state index contributed by atoms with van der Waals surface area (Å²) < 4.78 is 4.89. The summed E-state index contributed by atoms with van der Waals surface area (Å²) in [4.78, 5) is 22.1. The van der Waals surface area contributed by atoms with Crippen molar-refractivity contribution in [2.45, 2.75) is 39.7 Å². The van der Waals surface area contributed by atoms with E-state index in [9.17, 15) is 24.9 Å². The first-order valence-corrected chi connectivity index (χ1v) is 6.91. The second-order valence-electron chi connectivity index (χ2n) is 5.36. The van der Waals surface area contributed by atoms with Gasteiger partial charge in [0.15, 0.2) is 0 Å². The van der Waals surface area contributed by atoms with Crippen molar-refractivity contribution in [2.24, 2.45) is 0 Å². The highest BCUT2D eigenvalue weighted by atomic mass is 16.5. The van der Waals surface area contributed by atoms with E-state index in [1.54, 1.807) is 19.9 Å². The van der Waals surface area contributed by atoms with Gasteiger partial charge < -0.3 is 24.9 Å². The van der Waals surface area contributed by atoms with Crippen LogP contribution < -0.4 is 5.11 Å². The van der Waals surface area contributed by atoms with E-state index in [2.05, 4.69) is 0 Å². The Kier molecular flexibility index (Phi) is 4.40. The Balaban J connectivity index is 2.31. The molecule has 0 spiro atoms. The Morgan fingerprint density at radius 1 is 1.32 bits per heavy atom. The summed E-state index contributed by atoms with van der Waals surface area (Å²) in [5.74, 6) is -2.08. The molecule has 0 amide bonds. The number of carbonyl (C=O) groups is 2. The Hall–Kier alpha value is -2.50. The highest BCUT2D eigenvalue weighted by Gasteiger charge is 2.31. The molecule has 1 heterocycles. The van der Waals surface area contributed by atoms with Crippen molar-refractivity contribution in [3.63, 3.8) is 0 Å². The van der Waals surface area contributed by atoms with Crippen molar-refractivity contribution in [1.82, 2.24) is 0 Å². The van der Waals surface area contributed by atoms with Gasteiger partial charge in [-0.3, -0.25) is 0 Å². The van der Waals surface area contributed by atoms with Gasteiger partial charge in [-0.05, 0) is 38.7 Å². The first-order valence-electron chi connectivity index (χ1n) is 6.91. The molecule has 1 aliphatic heterocycles. The van der Waals surface area contributed by atoms with Crippen molar-refractivity contribution in [3.8, 4) is 11.5 Å². The molecule has 0 bridgehead atoms. The molecule has 118 valence electrons. The zero-order valence-electron chi connectivity index (χ0n) is 12.4. The number of ether oxygens (including phenoxy) is 1. The quantitative estimate of drug-likeness (QED) is 0.623. The number of phenols is 2.